The standard InChI is InChI=1S/C19H22O3/c1-19(2,3)16-8-10-17(11-9-16)21-12-13-22-18-7-5-4-6-15(18)14-20/h4-11,14H,12-13H2,1-3H3. The topological polar surface area (TPSA) is 35.5 Å². The quantitative estimate of drug-likeness (QED) is 0.590. The number of benzene rings is 2. The normalized spacial score (nSPS) is 11.0. The Bertz CT molecular complexity index is 609. The summed E-state index contributed by atoms with van der Waals surface area (Å²) in [5.74, 6) is 1.41. The fourth-order valence-electron chi connectivity index (χ4n) is 2.07. The van der Waals surface area contributed by atoms with E-state index in [2.05, 4.69) is 32.9 Å². The van der Waals surface area contributed by atoms with Crippen LogP contribution in [0.15, 0.2) is 48.5 Å². The predicted molar refractivity (Wildman–Crippen MR) is 88.0 cm³/mol. The van der Waals surface area contributed by atoms with E-state index < -0.39 is 0 Å². The molecule has 0 aliphatic heterocycles. The van der Waals surface area contributed by atoms with Gasteiger partial charge in [-0.15, -0.1) is 0 Å². The number of ether oxygens (including phenoxy) is 2. The first-order chi connectivity index (χ1) is 10.5. The van der Waals surface area contributed by atoms with Crippen LogP contribution in [0.4, 0.5) is 0 Å². The van der Waals surface area contributed by atoms with Crippen molar-refractivity contribution in [2.75, 3.05) is 13.2 Å². The fourth-order valence-corrected chi connectivity index (χ4v) is 2.07. The number of aldehydes is 1. The van der Waals surface area contributed by atoms with Crippen molar-refractivity contribution < 1.29 is 14.3 Å². The highest BCUT2D eigenvalue weighted by atomic mass is 16.5. The number of rotatable bonds is 6. The van der Waals surface area contributed by atoms with Crippen LogP contribution < -0.4 is 9.47 Å². The summed E-state index contributed by atoms with van der Waals surface area (Å²) in [7, 11) is 0. The molecule has 0 aliphatic carbocycles. The highest BCUT2D eigenvalue weighted by Crippen LogP contribution is 2.24. The van der Waals surface area contributed by atoms with Crippen LogP contribution in [0.1, 0.15) is 36.7 Å². The van der Waals surface area contributed by atoms with E-state index in [1.165, 1.54) is 5.56 Å². The van der Waals surface area contributed by atoms with E-state index in [4.69, 9.17) is 9.47 Å². The van der Waals surface area contributed by atoms with E-state index in [0.29, 0.717) is 24.5 Å². The minimum absolute atomic E-state index is 0.139. The van der Waals surface area contributed by atoms with Gasteiger partial charge < -0.3 is 9.47 Å². The van der Waals surface area contributed by atoms with Crippen molar-refractivity contribution in [3.8, 4) is 11.5 Å². The molecule has 0 unspecified atom stereocenters. The molecule has 0 saturated heterocycles. The lowest BCUT2D eigenvalue weighted by Crippen LogP contribution is -2.12. The number of hydrogen-bond donors (Lipinski definition) is 0. The Morgan fingerprint density at radius 2 is 1.55 bits per heavy atom. The first-order valence-corrected chi connectivity index (χ1v) is 7.41. The largest absolute Gasteiger partial charge is 0.490 e. The molecule has 2 aromatic rings. The summed E-state index contributed by atoms with van der Waals surface area (Å²) in [5, 5.41) is 0. The van der Waals surface area contributed by atoms with Crippen molar-refractivity contribution in [1.29, 1.82) is 0 Å². The molecule has 0 bridgehead atoms. The first kappa shape index (κ1) is 16.1. The monoisotopic (exact) mass is 298 g/mol. The molecular weight excluding hydrogens is 276 g/mol. The maximum Gasteiger partial charge on any atom is 0.153 e. The number of hydrogen-bond acceptors (Lipinski definition) is 3. The lowest BCUT2D eigenvalue weighted by atomic mass is 9.87. The van der Waals surface area contributed by atoms with E-state index >= 15 is 0 Å². The molecule has 2 aromatic carbocycles. The van der Waals surface area contributed by atoms with E-state index in [1.54, 1.807) is 12.1 Å². The molecule has 2 rings (SSSR count). The molecule has 0 heterocycles. The number of carbonyl (C=O) groups excluding carboxylic acids is 1. The third kappa shape index (κ3) is 4.35. The average Bonchev–Trinajstić information content (AvgIpc) is 2.51. The Morgan fingerprint density at radius 1 is 0.909 bits per heavy atom. The second-order valence-corrected chi connectivity index (χ2v) is 6.13. The van der Waals surface area contributed by atoms with Crippen LogP contribution in [0.2, 0.25) is 0 Å². The molecular formula is C19H22O3. The third-order valence-electron chi connectivity index (χ3n) is 3.38. The lowest BCUT2D eigenvalue weighted by Gasteiger charge is -2.19. The van der Waals surface area contributed by atoms with Crippen molar-refractivity contribution in [2.45, 2.75) is 26.2 Å². The zero-order valence-electron chi connectivity index (χ0n) is 13.3. The van der Waals surface area contributed by atoms with Gasteiger partial charge in [0.25, 0.3) is 0 Å². The molecule has 0 spiro atoms. The van der Waals surface area contributed by atoms with Gasteiger partial charge in [0.1, 0.15) is 24.7 Å². The minimum Gasteiger partial charge on any atom is -0.490 e. The second-order valence-electron chi connectivity index (χ2n) is 6.13. The van der Waals surface area contributed by atoms with Gasteiger partial charge >= 0.3 is 0 Å². The second kappa shape index (κ2) is 7.12. The van der Waals surface area contributed by atoms with Crippen molar-refractivity contribution in [2.24, 2.45) is 0 Å². The van der Waals surface area contributed by atoms with Gasteiger partial charge in [-0.05, 0) is 35.2 Å². The van der Waals surface area contributed by atoms with Gasteiger partial charge in [-0.2, -0.15) is 0 Å². The lowest BCUT2D eigenvalue weighted by molar-refractivity contribution is 0.111. The maximum absolute atomic E-state index is 10.9. The zero-order chi connectivity index (χ0) is 16.0. The SMILES string of the molecule is CC(C)(C)c1ccc(OCCOc2ccccc2C=O)cc1. The molecule has 3 heteroatoms. The van der Waals surface area contributed by atoms with Crippen LogP contribution in [0.3, 0.4) is 0 Å². The van der Waals surface area contributed by atoms with E-state index in [-0.39, 0.29) is 5.41 Å². The Morgan fingerprint density at radius 3 is 2.18 bits per heavy atom. The molecule has 0 N–H and O–H groups in total. The van der Waals surface area contributed by atoms with E-state index in [0.717, 1.165) is 12.0 Å². The summed E-state index contributed by atoms with van der Waals surface area (Å²) in [4.78, 5) is 10.9. The Labute approximate surface area is 131 Å². The van der Waals surface area contributed by atoms with Gasteiger partial charge in [0.05, 0.1) is 5.56 Å². The summed E-state index contributed by atoms with van der Waals surface area (Å²) >= 11 is 0. The van der Waals surface area contributed by atoms with Crippen LogP contribution in [-0.2, 0) is 5.41 Å². The van der Waals surface area contributed by atoms with Gasteiger partial charge in [-0.25, -0.2) is 0 Å². The van der Waals surface area contributed by atoms with Crippen LogP contribution in [0.5, 0.6) is 11.5 Å². The van der Waals surface area contributed by atoms with Crippen LogP contribution in [0.25, 0.3) is 0 Å². The van der Waals surface area contributed by atoms with E-state index in [9.17, 15) is 4.79 Å². The highest BCUT2D eigenvalue weighted by Gasteiger charge is 2.12. The van der Waals surface area contributed by atoms with Crippen LogP contribution >= 0.6 is 0 Å². The molecule has 0 aliphatic rings. The molecule has 0 fully saturated rings. The Hall–Kier alpha value is -2.29. The van der Waals surface area contributed by atoms with Crippen LogP contribution in [0, 0.1) is 0 Å². The summed E-state index contributed by atoms with van der Waals surface area (Å²) in [6.07, 6.45) is 0.793. The molecule has 0 aromatic heterocycles. The molecule has 0 radical (unpaired) electrons. The molecule has 116 valence electrons. The maximum atomic E-state index is 10.9. The third-order valence-corrected chi connectivity index (χ3v) is 3.38. The van der Waals surface area contributed by atoms with Crippen molar-refractivity contribution >= 4 is 6.29 Å². The molecule has 22 heavy (non-hydrogen) atoms. The van der Waals surface area contributed by atoms with Gasteiger partial charge in [0, 0.05) is 0 Å². The van der Waals surface area contributed by atoms with Gasteiger partial charge in [0.15, 0.2) is 6.29 Å². The predicted octanol–water partition coefficient (Wildman–Crippen LogP) is 4.25. The number of carbonyl (C=O) groups is 1. The average molecular weight is 298 g/mol. The van der Waals surface area contributed by atoms with Gasteiger partial charge in [0.2, 0.25) is 0 Å². The fraction of sp³-hybridized carbons (Fsp3) is 0.316. The van der Waals surface area contributed by atoms with Gasteiger partial charge in [-0.1, -0.05) is 45.0 Å². The highest BCUT2D eigenvalue weighted by molar-refractivity contribution is 5.79. The van der Waals surface area contributed by atoms with Crippen molar-refractivity contribution in [3.05, 3.63) is 59.7 Å². The van der Waals surface area contributed by atoms with Gasteiger partial charge in [-0.3, -0.25) is 4.79 Å². The molecule has 3 nitrogen and oxygen atoms in total. The molecule has 0 atom stereocenters. The molecule has 0 amide bonds. The summed E-state index contributed by atoms with van der Waals surface area (Å²) in [6.45, 7) is 7.37. The van der Waals surface area contributed by atoms with E-state index in [1.807, 2.05) is 24.3 Å². The first-order valence-electron chi connectivity index (χ1n) is 7.41. The summed E-state index contributed by atoms with van der Waals surface area (Å²) < 4.78 is 11.2. The minimum atomic E-state index is 0.139. The zero-order valence-corrected chi connectivity index (χ0v) is 13.3. The smallest absolute Gasteiger partial charge is 0.153 e. The number of para-hydroxylation sites is 1. The Kier molecular flexibility index (Phi) is 5.21. The van der Waals surface area contributed by atoms with Crippen molar-refractivity contribution in [1.82, 2.24) is 0 Å². The molecule has 0 saturated carbocycles. The summed E-state index contributed by atoms with van der Waals surface area (Å²) in [6, 6.07) is 15.3. The summed E-state index contributed by atoms with van der Waals surface area (Å²) in [5.41, 5.74) is 1.97. The van der Waals surface area contributed by atoms with Crippen LogP contribution in [-0.4, -0.2) is 19.5 Å². The van der Waals surface area contributed by atoms with Crippen molar-refractivity contribution in [3.63, 3.8) is 0 Å². The Balaban J connectivity index is 1.83.